The van der Waals surface area contributed by atoms with Crippen molar-refractivity contribution in [2.45, 2.75) is 262 Å². The summed E-state index contributed by atoms with van der Waals surface area (Å²) in [7, 11) is 0. The molecule has 1 aliphatic heterocycles. The van der Waals surface area contributed by atoms with E-state index in [0.29, 0.717) is 12.8 Å². The van der Waals surface area contributed by atoms with Gasteiger partial charge in [-0.15, -0.1) is 0 Å². The van der Waals surface area contributed by atoms with E-state index in [0.717, 1.165) is 38.5 Å². The smallest absolute Gasteiger partial charge is 0.249 e. The Morgan fingerprint density at radius 2 is 1.04 bits per heavy atom. The quantitative estimate of drug-likeness (QED) is 0.0226. The highest BCUT2D eigenvalue weighted by atomic mass is 16.7. The summed E-state index contributed by atoms with van der Waals surface area (Å²) in [5, 5.41) is 75.6. The van der Waals surface area contributed by atoms with Gasteiger partial charge in [-0.1, -0.05) is 180 Å². The summed E-state index contributed by atoms with van der Waals surface area (Å²) >= 11 is 0. The van der Waals surface area contributed by atoms with E-state index >= 15 is 0 Å². The predicted octanol–water partition coefficient (Wildman–Crippen LogP) is 7.67. The number of carbonyl (C=O) groups excluding carboxylic acids is 1. The summed E-state index contributed by atoms with van der Waals surface area (Å²) < 4.78 is 11.1. The van der Waals surface area contributed by atoms with Gasteiger partial charge in [-0.2, -0.15) is 0 Å². The first-order valence-electron chi connectivity index (χ1n) is 23.6. The molecule has 1 fully saturated rings. The van der Waals surface area contributed by atoms with E-state index in [1.807, 2.05) is 0 Å². The van der Waals surface area contributed by atoms with Crippen molar-refractivity contribution in [1.82, 2.24) is 5.32 Å². The molecule has 0 bridgehead atoms. The van der Waals surface area contributed by atoms with Crippen molar-refractivity contribution in [2.75, 3.05) is 13.2 Å². The van der Waals surface area contributed by atoms with Crippen LogP contribution in [0, 0.1) is 0 Å². The Morgan fingerprint density at radius 3 is 1.51 bits per heavy atom. The molecule has 0 aliphatic carbocycles. The molecule has 9 atom stereocenters. The largest absolute Gasteiger partial charge is 0.394 e. The lowest BCUT2D eigenvalue weighted by Crippen LogP contribution is -2.60. The van der Waals surface area contributed by atoms with Gasteiger partial charge < -0.3 is 50.5 Å². The summed E-state index contributed by atoms with van der Waals surface area (Å²) in [6.07, 6.45) is 26.9. The Kier molecular flexibility index (Phi) is 34.7. The topological polar surface area (TPSA) is 189 Å². The van der Waals surface area contributed by atoms with Crippen molar-refractivity contribution in [2.24, 2.45) is 0 Å². The second-order valence-electron chi connectivity index (χ2n) is 16.8. The molecule has 0 aromatic rings. The van der Waals surface area contributed by atoms with E-state index in [1.54, 1.807) is 0 Å². The van der Waals surface area contributed by atoms with Crippen molar-refractivity contribution >= 4 is 5.91 Å². The van der Waals surface area contributed by atoms with Crippen LogP contribution in [0.3, 0.4) is 0 Å². The number of hydrogen-bond donors (Lipinski definition) is 8. The monoisotopic (exact) mass is 816 g/mol. The highest BCUT2D eigenvalue weighted by Gasteiger charge is 2.44. The fourth-order valence-corrected chi connectivity index (χ4v) is 7.62. The molecule has 0 spiro atoms. The van der Waals surface area contributed by atoms with E-state index < -0.39 is 74.2 Å². The zero-order chi connectivity index (χ0) is 41.9. The molecule has 0 aromatic heterocycles. The van der Waals surface area contributed by atoms with E-state index in [9.17, 15) is 40.5 Å². The maximum atomic E-state index is 13.1. The zero-order valence-electron chi connectivity index (χ0n) is 36.3. The van der Waals surface area contributed by atoms with Crippen LogP contribution in [-0.2, 0) is 14.3 Å². The van der Waals surface area contributed by atoms with Crippen LogP contribution in [0.25, 0.3) is 0 Å². The first-order chi connectivity index (χ1) is 27.7. The van der Waals surface area contributed by atoms with E-state index in [4.69, 9.17) is 9.47 Å². The van der Waals surface area contributed by atoms with Crippen molar-refractivity contribution in [3.63, 3.8) is 0 Å². The number of nitrogens with one attached hydrogen (secondary N) is 1. The number of ether oxygens (including phenoxy) is 2. The van der Waals surface area contributed by atoms with E-state index in [1.165, 1.54) is 128 Å². The molecule has 57 heavy (non-hydrogen) atoms. The maximum Gasteiger partial charge on any atom is 0.249 e. The Hall–Kier alpha value is -1.15. The summed E-state index contributed by atoms with van der Waals surface area (Å²) in [6, 6.07) is -1.18. The van der Waals surface area contributed by atoms with Gasteiger partial charge in [-0.3, -0.25) is 4.79 Å². The summed E-state index contributed by atoms with van der Waals surface area (Å²) in [6.45, 7) is 3.42. The first-order valence-corrected chi connectivity index (χ1v) is 23.6. The number of aliphatic hydroxyl groups excluding tert-OH is 7. The molecule has 0 radical (unpaired) electrons. The Morgan fingerprint density at radius 1 is 0.596 bits per heavy atom. The van der Waals surface area contributed by atoms with Gasteiger partial charge in [0, 0.05) is 0 Å². The lowest BCUT2D eigenvalue weighted by Gasteiger charge is -2.40. The standard InChI is InChI=1S/C46H89NO10/c1-3-5-7-9-11-13-15-17-18-19-20-22-23-25-27-29-31-33-38(49)41(51)37(36-56-46-44(54)43(53)42(52)40(35-48)57-46)47-45(55)39(50)34-32-30-28-26-24-21-16-14-12-10-8-6-4-2/h25,27,37-44,46,48-54H,3-24,26,28-36H2,1-2H3,(H,47,55)/b27-25+. The van der Waals surface area contributed by atoms with Gasteiger partial charge in [-0.25, -0.2) is 0 Å². The molecule has 11 heteroatoms. The van der Waals surface area contributed by atoms with Crippen LogP contribution in [0.4, 0.5) is 0 Å². The van der Waals surface area contributed by atoms with Gasteiger partial charge >= 0.3 is 0 Å². The van der Waals surface area contributed by atoms with Crippen LogP contribution in [0.1, 0.15) is 206 Å². The number of unbranched alkanes of at least 4 members (excludes halogenated alkanes) is 25. The summed E-state index contributed by atoms with van der Waals surface area (Å²) in [5.41, 5.74) is 0. The average molecular weight is 816 g/mol. The Balaban J connectivity index is 2.47. The Bertz CT molecular complexity index is 939. The third-order valence-corrected chi connectivity index (χ3v) is 11.6. The van der Waals surface area contributed by atoms with Gasteiger partial charge in [0.1, 0.15) is 36.6 Å². The third-order valence-electron chi connectivity index (χ3n) is 11.6. The minimum Gasteiger partial charge on any atom is -0.394 e. The highest BCUT2D eigenvalue weighted by molar-refractivity contribution is 5.80. The Labute approximate surface area is 347 Å². The molecule has 1 saturated heterocycles. The summed E-state index contributed by atoms with van der Waals surface area (Å²) in [4.78, 5) is 13.1. The molecule has 0 aromatic carbocycles. The third kappa shape index (κ3) is 26.6. The van der Waals surface area contributed by atoms with Crippen molar-refractivity contribution in [3.8, 4) is 0 Å². The second-order valence-corrected chi connectivity index (χ2v) is 16.8. The molecule has 1 rings (SSSR count). The van der Waals surface area contributed by atoms with E-state index in [2.05, 4.69) is 31.3 Å². The van der Waals surface area contributed by atoms with Gasteiger partial charge in [-0.05, 0) is 38.5 Å². The fourth-order valence-electron chi connectivity index (χ4n) is 7.62. The van der Waals surface area contributed by atoms with Crippen LogP contribution in [0.5, 0.6) is 0 Å². The first kappa shape index (κ1) is 53.9. The number of carbonyl (C=O) groups is 1. The highest BCUT2D eigenvalue weighted by Crippen LogP contribution is 2.23. The van der Waals surface area contributed by atoms with Crippen LogP contribution < -0.4 is 5.32 Å². The zero-order valence-corrected chi connectivity index (χ0v) is 36.3. The summed E-state index contributed by atoms with van der Waals surface area (Å²) in [5.74, 6) is -0.705. The van der Waals surface area contributed by atoms with Crippen LogP contribution in [-0.4, -0.2) is 110 Å². The van der Waals surface area contributed by atoms with Gasteiger partial charge in [0.05, 0.1) is 25.4 Å². The van der Waals surface area contributed by atoms with Gasteiger partial charge in [0.25, 0.3) is 0 Å². The number of aliphatic hydroxyl groups is 7. The number of allylic oxidation sites excluding steroid dienone is 2. The van der Waals surface area contributed by atoms with E-state index in [-0.39, 0.29) is 12.8 Å². The lowest BCUT2D eigenvalue weighted by atomic mass is 9.98. The molecule has 338 valence electrons. The second kappa shape index (κ2) is 36.7. The molecule has 1 aliphatic rings. The minimum atomic E-state index is -1.66. The molecule has 1 amide bonds. The molecular weight excluding hydrogens is 727 g/mol. The van der Waals surface area contributed by atoms with Crippen molar-refractivity contribution in [3.05, 3.63) is 12.2 Å². The van der Waals surface area contributed by atoms with Crippen LogP contribution >= 0.6 is 0 Å². The average Bonchev–Trinajstić information content (AvgIpc) is 3.21. The maximum absolute atomic E-state index is 13.1. The number of amides is 1. The molecule has 0 saturated carbocycles. The van der Waals surface area contributed by atoms with Crippen LogP contribution in [0.2, 0.25) is 0 Å². The lowest BCUT2D eigenvalue weighted by molar-refractivity contribution is -0.303. The fraction of sp³-hybridized carbons (Fsp3) is 0.935. The van der Waals surface area contributed by atoms with Crippen molar-refractivity contribution < 1.29 is 50.0 Å². The molecule has 1 heterocycles. The number of hydrogen-bond acceptors (Lipinski definition) is 10. The molecule has 8 N–H and O–H groups in total. The van der Waals surface area contributed by atoms with Crippen LogP contribution in [0.15, 0.2) is 12.2 Å². The normalized spacial score (nSPS) is 22.2. The van der Waals surface area contributed by atoms with Gasteiger partial charge in [0.2, 0.25) is 5.91 Å². The predicted molar refractivity (Wildman–Crippen MR) is 229 cm³/mol. The molecule has 9 unspecified atom stereocenters. The molecule has 11 nitrogen and oxygen atoms in total. The molecular formula is C46H89NO10. The van der Waals surface area contributed by atoms with Crippen molar-refractivity contribution in [1.29, 1.82) is 0 Å². The number of rotatable bonds is 39. The SMILES string of the molecule is CCCCCCCCCCCCCC/C=C/CCCC(O)C(O)C(COC1OC(CO)C(O)C(O)C1O)NC(=O)C(O)CCCCCCCCCCCCCCC. The van der Waals surface area contributed by atoms with Gasteiger partial charge in [0.15, 0.2) is 6.29 Å². The minimum absolute atomic E-state index is 0.258.